The maximum absolute atomic E-state index is 10.6. The Hall–Kier alpha value is -3.72. The lowest BCUT2D eigenvalue weighted by Gasteiger charge is -2.26. The minimum atomic E-state index is -0.983. The largest absolute Gasteiger partial charge is 0.381 e. The number of ether oxygens (including phenoxy) is 1. The zero-order valence-electron chi connectivity index (χ0n) is 18.3. The summed E-state index contributed by atoms with van der Waals surface area (Å²) >= 11 is 0. The Morgan fingerprint density at radius 2 is 1.67 bits per heavy atom. The average Bonchev–Trinajstić information content (AvgIpc) is 2.85. The molecule has 164 valence electrons. The summed E-state index contributed by atoms with van der Waals surface area (Å²) in [6.07, 6.45) is 3.52. The number of nitrogens with zero attached hydrogens (tertiary/aromatic N) is 2. The van der Waals surface area contributed by atoms with Gasteiger partial charge in [-0.1, -0.05) is 54.3 Å². The molecule has 1 aromatic heterocycles. The molecule has 0 spiro atoms. The summed E-state index contributed by atoms with van der Waals surface area (Å²) in [7, 11) is 0. The van der Waals surface area contributed by atoms with E-state index in [-0.39, 0.29) is 0 Å². The predicted molar refractivity (Wildman–Crippen MR) is 130 cm³/mol. The second kappa shape index (κ2) is 9.41. The highest BCUT2D eigenvalue weighted by Gasteiger charge is 2.27. The summed E-state index contributed by atoms with van der Waals surface area (Å²) < 4.78 is 5.33. The van der Waals surface area contributed by atoms with E-state index in [4.69, 9.17) is 4.74 Å². The molecule has 0 atom stereocenters. The molecule has 1 aliphatic heterocycles. The molecule has 1 saturated heterocycles. The van der Waals surface area contributed by atoms with E-state index >= 15 is 0 Å². The number of hydrogen-bond acceptors (Lipinski definition) is 5. The van der Waals surface area contributed by atoms with Gasteiger partial charge in [-0.3, -0.25) is 0 Å². The molecule has 0 radical (unpaired) electrons. The van der Waals surface area contributed by atoms with Crippen molar-refractivity contribution < 1.29 is 9.84 Å². The molecule has 0 unspecified atom stereocenters. The van der Waals surface area contributed by atoms with E-state index in [1.54, 1.807) is 6.33 Å². The average molecular weight is 436 g/mol. The number of aromatic nitrogens is 2. The zero-order valence-corrected chi connectivity index (χ0v) is 18.3. The van der Waals surface area contributed by atoms with Gasteiger partial charge in [0.05, 0.1) is 18.7 Å². The van der Waals surface area contributed by atoms with Crippen molar-refractivity contribution in [3.63, 3.8) is 0 Å². The highest BCUT2D eigenvalue weighted by molar-refractivity contribution is 5.91. The Morgan fingerprint density at radius 1 is 0.909 bits per heavy atom. The molecule has 33 heavy (non-hydrogen) atoms. The number of fused-ring (bicyclic) bond motifs is 1. The maximum Gasteiger partial charge on any atom is 0.141 e. The van der Waals surface area contributed by atoms with E-state index < -0.39 is 5.60 Å². The number of aliphatic hydroxyl groups is 1. The van der Waals surface area contributed by atoms with Crippen molar-refractivity contribution in [2.75, 3.05) is 18.5 Å². The normalized spacial score (nSPS) is 14.9. The van der Waals surface area contributed by atoms with Crippen LogP contribution < -0.4 is 5.32 Å². The summed E-state index contributed by atoms with van der Waals surface area (Å²) in [5, 5.41) is 14.9. The molecule has 0 aliphatic carbocycles. The zero-order chi connectivity index (χ0) is 22.5. The molecule has 0 amide bonds. The third kappa shape index (κ3) is 5.20. The lowest BCUT2D eigenvalue weighted by Crippen LogP contribution is -2.34. The quantitative estimate of drug-likeness (QED) is 0.448. The SMILES string of the molecule is OC1(C#Cc2ccc3ncnc(Nc4ccc(Cc5ccccc5)cc4)c3c2)CCOCC1. The van der Waals surface area contributed by atoms with Crippen LogP contribution in [0.3, 0.4) is 0 Å². The Morgan fingerprint density at radius 3 is 2.45 bits per heavy atom. The van der Waals surface area contributed by atoms with Crippen molar-refractivity contribution in [1.82, 2.24) is 9.97 Å². The molecular weight excluding hydrogens is 410 g/mol. The maximum atomic E-state index is 10.6. The van der Waals surface area contributed by atoms with Crippen LogP contribution in [-0.4, -0.2) is 33.9 Å². The van der Waals surface area contributed by atoms with Crippen LogP contribution in [0, 0.1) is 11.8 Å². The van der Waals surface area contributed by atoms with Gasteiger partial charge in [-0.25, -0.2) is 9.97 Å². The summed E-state index contributed by atoms with van der Waals surface area (Å²) in [4.78, 5) is 8.84. The second-order valence-electron chi connectivity index (χ2n) is 8.33. The van der Waals surface area contributed by atoms with Gasteiger partial charge >= 0.3 is 0 Å². The molecule has 5 rings (SSSR count). The minimum absolute atomic E-state index is 0.532. The lowest BCUT2D eigenvalue weighted by atomic mass is 9.95. The van der Waals surface area contributed by atoms with E-state index in [1.807, 2.05) is 24.3 Å². The van der Waals surface area contributed by atoms with Crippen molar-refractivity contribution >= 4 is 22.4 Å². The third-order valence-corrected chi connectivity index (χ3v) is 5.86. The van der Waals surface area contributed by atoms with Gasteiger partial charge in [0, 0.05) is 29.5 Å². The van der Waals surface area contributed by atoms with Crippen LogP contribution in [-0.2, 0) is 11.2 Å². The molecule has 5 heteroatoms. The molecule has 2 heterocycles. The number of anilines is 2. The number of nitrogens with one attached hydrogen (secondary N) is 1. The van der Waals surface area contributed by atoms with Crippen LogP contribution >= 0.6 is 0 Å². The topological polar surface area (TPSA) is 67.3 Å². The van der Waals surface area contributed by atoms with Crippen LogP contribution in [0.2, 0.25) is 0 Å². The number of benzene rings is 3. The van der Waals surface area contributed by atoms with E-state index in [1.165, 1.54) is 11.1 Å². The summed E-state index contributed by atoms with van der Waals surface area (Å²) in [5.74, 6) is 6.89. The van der Waals surface area contributed by atoms with Gasteiger partial charge in [-0.2, -0.15) is 0 Å². The van der Waals surface area contributed by atoms with Crippen LogP contribution in [0.1, 0.15) is 29.5 Å². The first kappa shape index (κ1) is 21.1. The summed E-state index contributed by atoms with van der Waals surface area (Å²) in [5.41, 5.74) is 4.17. The fourth-order valence-corrected chi connectivity index (χ4v) is 3.93. The van der Waals surface area contributed by atoms with Crippen LogP contribution in [0.5, 0.6) is 0 Å². The van der Waals surface area contributed by atoms with Crippen molar-refractivity contribution in [3.05, 3.63) is 95.8 Å². The van der Waals surface area contributed by atoms with E-state index in [0.29, 0.717) is 26.1 Å². The molecule has 3 aromatic carbocycles. The Bertz CT molecular complexity index is 1300. The first-order chi connectivity index (χ1) is 16.2. The molecule has 0 saturated carbocycles. The van der Waals surface area contributed by atoms with Crippen molar-refractivity contribution in [2.24, 2.45) is 0 Å². The molecule has 1 aliphatic rings. The Balaban J connectivity index is 1.36. The van der Waals surface area contributed by atoms with Crippen LogP contribution in [0.15, 0.2) is 79.1 Å². The van der Waals surface area contributed by atoms with Crippen molar-refractivity contribution in [1.29, 1.82) is 0 Å². The van der Waals surface area contributed by atoms with Gasteiger partial charge in [-0.05, 0) is 47.9 Å². The van der Waals surface area contributed by atoms with Crippen molar-refractivity contribution in [3.8, 4) is 11.8 Å². The van der Waals surface area contributed by atoms with Gasteiger partial charge in [0.25, 0.3) is 0 Å². The van der Waals surface area contributed by atoms with Crippen LogP contribution in [0.4, 0.5) is 11.5 Å². The minimum Gasteiger partial charge on any atom is -0.381 e. The fourth-order valence-electron chi connectivity index (χ4n) is 3.93. The highest BCUT2D eigenvalue weighted by atomic mass is 16.5. The van der Waals surface area contributed by atoms with Gasteiger partial charge < -0.3 is 15.2 Å². The lowest BCUT2D eigenvalue weighted by molar-refractivity contribution is -0.0261. The van der Waals surface area contributed by atoms with Gasteiger partial charge in [0.1, 0.15) is 17.7 Å². The monoisotopic (exact) mass is 435 g/mol. The molecule has 0 bridgehead atoms. The van der Waals surface area contributed by atoms with Gasteiger partial charge in [0.15, 0.2) is 0 Å². The predicted octanol–water partition coefficient (Wildman–Crippen LogP) is 4.86. The van der Waals surface area contributed by atoms with E-state index in [9.17, 15) is 5.11 Å². The highest BCUT2D eigenvalue weighted by Crippen LogP contribution is 2.25. The number of hydrogen-bond donors (Lipinski definition) is 2. The van der Waals surface area contributed by atoms with Gasteiger partial charge in [0.2, 0.25) is 0 Å². The first-order valence-electron chi connectivity index (χ1n) is 11.1. The summed E-state index contributed by atoms with van der Waals surface area (Å²) in [6.45, 7) is 1.07. The Labute approximate surface area is 193 Å². The fraction of sp³-hybridized carbons (Fsp3) is 0.214. The third-order valence-electron chi connectivity index (χ3n) is 5.86. The molecular formula is C28H25N3O2. The molecule has 1 fully saturated rings. The van der Waals surface area contributed by atoms with E-state index in [0.717, 1.165) is 34.4 Å². The number of rotatable bonds is 4. The molecule has 5 nitrogen and oxygen atoms in total. The van der Waals surface area contributed by atoms with Crippen molar-refractivity contribution in [2.45, 2.75) is 24.9 Å². The van der Waals surface area contributed by atoms with E-state index in [2.05, 4.69) is 75.7 Å². The van der Waals surface area contributed by atoms with Gasteiger partial charge in [-0.15, -0.1) is 0 Å². The second-order valence-corrected chi connectivity index (χ2v) is 8.33. The first-order valence-corrected chi connectivity index (χ1v) is 11.1. The molecule has 4 aromatic rings. The summed E-state index contributed by atoms with van der Waals surface area (Å²) in [6, 6.07) is 24.7. The Kier molecular flexibility index (Phi) is 6.03. The molecule has 2 N–H and O–H groups in total. The standard InChI is InChI=1S/C28H25N3O2/c32-28(14-16-33-17-15-28)13-12-23-8-11-26-25(19-23)27(30-20-29-26)31-24-9-6-22(7-10-24)18-21-4-2-1-3-5-21/h1-11,19-20,32H,14-18H2,(H,29,30,31). The smallest absolute Gasteiger partial charge is 0.141 e. The van der Waals surface area contributed by atoms with Crippen LogP contribution in [0.25, 0.3) is 10.9 Å².